The Morgan fingerprint density at radius 1 is 1.17 bits per heavy atom. The number of hydrogen-bond acceptors (Lipinski definition) is 10. The zero-order valence-electron chi connectivity index (χ0n) is 18.9. The molecule has 0 saturated carbocycles. The Kier molecular flexibility index (Phi) is 6.68. The largest absolute Gasteiger partial charge is 0.469 e. The number of nitrogens with zero attached hydrogens (tertiary/aromatic N) is 5. The first-order chi connectivity index (χ1) is 16.8. The van der Waals surface area contributed by atoms with E-state index in [1.165, 1.54) is 6.33 Å². The molecule has 0 unspecified atom stereocenters. The molecular weight excluding hydrogens is 468 g/mol. The van der Waals surface area contributed by atoms with Crippen molar-refractivity contribution in [1.29, 1.82) is 0 Å². The summed E-state index contributed by atoms with van der Waals surface area (Å²) >= 11 is 0. The molecule has 3 aliphatic rings. The maximum Gasteiger partial charge on any atom is 0.455 e. The van der Waals surface area contributed by atoms with Crippen LogP contribution in [0.3, 0.4) is 0 Å². The summed E-state index contributed by atoms with van der Waals surface area (Å²) in [5.41, 5.74) is 0.815. The summed E-state index contributed by atoms with van der Waals surface area (Å²) in [6, 6.07) is -0.110. The van der Waals surface area contributed by atoms with Crippen LogP contribution in [0.4, 0.5) is 24.9 Å². The van der Waals surface area contributed by atoms with Crippen LogP contribution in [0.25, 0.3) is 0 Å². The summed E-state index contributed by atoms with van der Waals surface area (Å²) in [7, 11) is -1.38. The van der Waals surface area contributed by atoms with Crippen LogP contribution in [-0.4, -0.2) is 75.6 Å². The van der Waals surface area contributed by atoms with Gasteiger partial charge in [-0.15, -0.1) is 0 Å². The molecule has 2 fully saturated rings. The Balaban J connectivity index is 1.31. The molecular formula is C21H26BF3N6O4. The maximum atomic E-state index is 13.4. The summed E-state index contributed by atoms with van der Waals surface area (Å²) in [6.45, 7) is 1.79. The van der Waals surface area contributed by atoms with E-state index in [9.17, 15) is 23.2 Å². The van der Waals surface area contributed by atoms with Crippen molar-refractivity contribution >= 4 is 18.9 Å². The van der Waals surface area contributed by atoms with Crippen LogP contribution >= 0.6 is 0 Å². The van der Waals surface area contributed by atoms with Crippen molar-refractivity contribution in [2.45, 2.75) is 56.2 Å². The normalized spacial score (nSPS) is 22.8. The molecule has 2 atom stereocenters. The molecule has 1 aliphatic carbocycles. The lowest BCUT2D eigenvalue weighted by molar-refractivity contribution is -0.142. The van der Waals surface area contributed by atoms with Crippen LogP contribution in [0.5, 0.6) is 5.88 Å². The summed E-state index contributed by atoms with van der Waals surface area (Å²) < 4.78 is 50.6. The molecule has 5 rings (SSSR count). The average molecular weight is 494 g/mol. The lowest BCUT2D eigenvalue weighted by Crippen LogP contribution is -2.43. The van der Waals surface area contributed by atoms with Gasteiger partial charge >= 0.3 is 13.3 Å². The van der Waals surface area contributed by atoms with Crippen LogP contribution in [0, 0.1) is 0 Å². The Hall–Kier alpha value is -2.71. The van der Waals surface area contributed by atoms with E-state index in [4.69, 9.17) is 9.47 Å². The standard InChI is InChI=1S/C21H26BF3N6O4/c23-21(24,25)16-7-26-20(30-19(16)35-14-9-34-10-14)29-13-2-1-5-31(8-13)18-15-4-3-12(22(32)33)6-17(15)27-11-28-18/h7,11-14,32-33H,1-6,8-10H2,(H,26,29,30)/t12-,13+/m0/s1. The number of alkyl halides is 3. The molecule has 10 nitrogen and oxygen atoms in total. The van der Waals surface area contributed by atoms with Gasteiger partial charge in [-0.1, -0.05) is 0 Å². The summed E-state index contributed by atoms with van der Waals surface area (Å²) in [4.78, 5) is 18.9. The first-order valence-corrected chi connectivity index (χ1v) is 11.7. The van der Waals surface area contributed by atoms with E-state index in [1.54, 1.807) is 0 Å². The molecule has 3 N–H and O–H groups in total. The SMILES string of the molecule is OB(O)[C@H]1CCc2c(ncnc2N2CCC[C@@H](Nc3ncc(C(F)(F)F)c(OC4COC4)n3)C2)C1. The molecule has 0 spiro atoms. The van der Waals surface area contributed by atoms with E-state index >= 15 is 0 Å². The number of anilines is 2. The minimum absolute atomic E-state index is 0.0737. The Labute approximate surface area is 200 Å². The molecule has 2 aliphatic heterocycles. The third-order valence-electron chi connectivity index (χ3n) is 6.65. The van der Waals surface area contributed by atoms with Crippen LogP contribution in [-0.2, 0) is 23.8 Å². The van der Waals surface area contributed by atoms with E-state index in [1.807, 2.05) is 0 Å². The number of fused-ring (bicyclic) bond motifs is 1. The van der Waals surface area contributed by atoms with E-state index < -0.39 is 30.8 Å². The first kappa shape index (κ1) is 24.0. The van der Waals surface area contributed by atoms with Gasteiger partial charge in [-0.3, -0.25) is 0 Å². The van der Waals surface area contributed by atoms with Gasteiger partial charge in [0, 0.05) is 36.6 Å². The highest BCUT2D eigenvalue weighted by Gasteiger charge is 2.38. The molecule has 2 aromatic heterocycles. The van der Waals surface area contributed by atoms with Gasteiger partial charge in [0.2, 0.25) is 11.8 Å². The molecule has 0 amide bonds. The summed E-state index contributed by atoms with van der Waals surface area (Å²) in [5, 5.41) is 22.3. The Bertz CT molecular complexity index is 1060. The molecule has 0 radical (unpaired) electrons. The van der Waals surface area contributed by atoms with Gasteiger partial charge in [0.05, 0.1) is 13.2 Å². The predicted octanol–water partition coefficient (Wildman–Crippen LogP) is 1.48. The highest BCUT2D eigenvalue weighted by Crippen LogP contribution is 2.37. The fraction of sp³-hybridized carbons (Fsp3) is 0.619. The predicted molar refractivity (Wildman–Crippen MR) is 119 cm³/mol. The molecule has 2 saturated heterocycles. The lowest BCUT2D eigenvalue weighted by atomic mass is 9.65. The van der Waals surface area contributed by atoms with Gasteiger partial charge in [0.1, 0.15) is 23.8 Å². The number of rotatable bonds is 6. The smallest absolute Gasteiger partial charge is 0.455 e. The van der Waals surface area contributed by atoms with Gasteiger partial charge in [0.25, 0.3) is 0 Å². The molecule has 188 valence electrons. The van der Waals surface area contributed by atoms with Gasteiger partial charge in [0.15, 0.2) is 0 Å². The van der Waals surface area contributed by atoms with Crippen molar-refractivity contribution in [3.05, 3.63) is 29.3 Å². The second-order valence-corrected chi connectivity index (χ2v) is 9.16. The number of halogens is 3. The molecule has 0 bridgehead atoms. The lowest BCUT2D eigenvalue weighted by Gasteiger charge is -2.36. The van der Waals surface area contributed by atoms with Crippen molar-refractivity contribution in [2.75, 3.05) is 36.5 Å². The molecule has 4 heterocycles. The van der Waals surface area contributed by atoms with Crippen molar-refractivity contribution < 1.29 is 32.7 Å². The van der Waals surface area contributed by atoms with Crippen LogP contribution in [0.2, 0.25) is 5.82 Å². The highest BCUT2D eigenvalue weighted by atomic mass is 19.4. The zero-order chi connectivity index (χ0) is 24.6. The quantitative estimate of drug-likeness (QED) is 0.509. The fourth-order valence-corrected chi connectivity index (χ4v) is 4.71. The number of ether oxygens (including phenoxy) is 2. The van der Waals surface area contributed by atoms with Gasteiger partial charge in [-0.2, -0.15) is 18.2 Å². The van der Waals surface area contributed by atoms with E-state index in [-0.39, 0.29) is 31.0 Å². The molecule has 0 aromatic carbocycles. The zero-order valence-corrected chi connectivity index (χ0v) is 18.9. The number of nitrogens with one attached hydrogen (secondary N) is 1. The summed E-state index contributed by atoms with van der Waals surface area (Å²) in [6.07, 6.45) is 0.549. The third-order valence-corrected chi connectivity index (χ3v) is 6.65. The number of hydrogen-bond donors (Lipinski definition) is 3. The third kappa shape index (κ3) is 5.28. The Morgan fingerprint density at radius 2 is 2.00 bits per heavy atom. The Morgan fingerprint density at radius 3 is 2.71 bits per heavy atom. The van der Waals surface area contributed by atoms with E-state index in [0.717, 1.165) is 42.7 Å². The van der Waals surface area contributed by atoms with Crippen LogP contribution in [0.15, 0.2) is 12.5 Å². The van der Waals surface area contributed by atoms with Crippen molar-refractivity contribution in [3.8, 4) is 5.88 Å². The van der Waals surface area contributed by atoms with E-state index in [0.29, 0.717) is 25.8 Å². The van der Waals surface area contributed by atoms with Gasteiger partial charge in [-0.05, 0) is 37.9 Å². The highest BCUT2D eigenvalue weighted by molar-refractivity contribution is 6.43. The fourth-order valence-electron chi connectivity index (χ4n) is 4.71. The van der Waals surface area contributed by atoms with Crippen molar-refractivity contribution in [1.82, 2.24) is 19.9 Å². The molecule has 14 heteroatoms. The topological polar surface area (TPSA) is 126 Å². The molecule has 2 aromatic rings. The monoisotopic (exact) mass is 494 g/mol. The average Bonchev–Trinajstić information content (AvgIpc) is 2.80. The minimum Gasteiger partial charge on any atom is -0.469 e. The minimum atomic E-state index is -4.63. The van der Waals surface area contributed by atoms with E-state index in [2.05, 4.69) is 30.2 Å². The van der Waals surface area contributed by atoms with Gasteiger partial charge < -0.3 is 29.7 Å². The molecule has 35 heavy (non-hydrogen) atoms. The maximum absolute atomic E-state index is 13.4. The van der Waals surface area contributed by atoms with Crippen LogP contribution < -0.4 is 15.0 Å². The number of piperidine rings is 1. The number of aromatic nitrogens is 4. The second kappa shape index (κ2) is 9.74. The first-order valence-electron chi connectivity index (χ1n) is 11.7. The second-order valence-electron chi connectivity index (χ2n) is 9.16. The van der Waals surface area contributed by atoms with Crippen molar-refractivity contribution in [3.63, 3.8) is 0 Å². The van der Waals surface area contributed by atoms with Gasteiger partial charge in [-0.25, -0.2) is 15.0 Å². The van der Waals surface area contributed by atoms with Crippen molar-refractivity contribution in [2.24, 2.45) is 0 Å². The van der Waals surface area contributed by atoms with Crippen LogP contribution in [0.1, 0.15) is 36.1 Å². The summed E-state index contributed by atoms with van der Waals surface area (Å²) in [5.74, 6) is 0.140.